The molecule has 1 atom stereocenters. The zero-order chi connectivity index (χ0) is 21.5. The Morgan fingerprint density at radius 3 is 2.07 bits per heavy atom. The van der Waals surface area contributed by atoms with Gasteiger partial charge in [0, 0.05) is 11.1 Å². The van der Waals surface area contributed by atoms with Crippen molar-refractivity contribution in [1.29, 1.82) is 0 Å². The number of hydrogen-bond donors (Lipinski definition) is 0. The summed E-state index contributed by atoms with van der Waals surface area (Å²) < 4.78 is 9.39. The lowest BCUT2D eigenvalue weighted by Gasteiger charge is -2.19. The van der Waals surface area contributed by atoms with Crippen LogP contribution in [0.2, 0.25) is 0 Å². The van der Waals surface area contributed by atoms with Gasteiger partial charge >= 0.3 is 0 Å². The van der Waals surface area contributed by atoms with Crippen molar-refractivity contribution in [1.82, 2.24) is 8.75 Å². The molecule has 0 saturated heterocycles. The third-order valence-corrected chi connectivity index (χ3v) is 6.71. The van der Waals surface area contributed by atoms with Crippen LogP contribution in [0.5, 0.6) is 0 Å². The maximum atomic E-state index is 4.70. The molecule has 0 aliphatic carbocycles. The average Bonchev–Trinajstić information content (AvgIpc) is 3.21. The minimum Gasteiger partial charge on any atom is -0.172 e. The van der Waals surface area contributed by atoms with Crippen LogP contribution in [0.3, 0.4) is 0 Å². The standard InChI is InChI=1S/C27H30N2S/c1-7-17(2)19-8-10-20(11-9-19)23-16-18(3)24(26-25(23)28-30-29-26)21-12-14-22(15-13-21)27(4,5)6/h8-17H,7H2,1-6H3. The Hall–Kier alpha value is -2.52. The van der Waals surface area contributed by atoms with Crippen LogP contribution in [-0.4, -0.2) is 8.75 Å². The van der Waals surface area contributed by atoms with E-state index in [0.717, 1.165) is 17.5 Å². The van der Waals surface area contributed by atoms with E-state index in [2.05, 4.69) is 101 Å². The van der Waals surface area contributed by atoms with Gasteiger partial charge in [-0.25, -0.2) is 0 Å². The Morgan fingerprint density at radius 2 is 1.47 bits per heavy atom. The van der Waals surface area contributed by atoms with Crippen LogP contribution < -0.4 is 0 Å². The van der Waals surface area contributed by atoms with Crippen molar-refractivity contribution in [3.8, 4) is 22.3 Å². The van der Waals surface area contributed by atoms with E-state index in [1.807, 2.05) is 0 Å². The van der Waals surface area contributed by atoms with Gasteiger partial charge in [0.2, 0.25) is 0 Å². The lowest BCUT2D eigenvalue weighted by Crippen LogP contribution is -2.10. The molecule has 0 bridgehead atoms. The Morgan fingerprint density at radius 1 is 0.867 bits per heavy atom. The average molecular weight is 415 g/mol. The minimum atomic E-state index is 0.149. The molecular weight excluding hydrogens is 384 g/mol. The molecule has 4 aromatic rings. The molecule has 1 aromatic heterocycles. The maximum absolute atomic E-state index is 4.70. The molecule has 0 amide bonds. The summed E-state index contributed by atoms with van der Waals surface area (Å²) in [5.41, 5.74) is 10.9. The smallest absolute Gasteiger partial charge is 0.113 e. The van der Waals surface area contributed by atoms with Gasteiger partial charge in [-0.05, 0) is 58.6 Å². The van der Waals surface area contributed by atoms with Crippen molar-refractivity contribution in [2.75, 3.05) is 0 Å². The normalized spacial score (nSPS) is 13.0. The number of hydrogen-bond acceptors (Lipinski definition) is 3. The number of aromatic nitrogens is 2. The van der Waals surface area contributed by atoms with Crippen molar-refractivity contribution >= 4 is 22.8 Å². The zero-order valence-corrected chi connectivity index (χ0v) is 19.6. The van der Waals surface area contributed by atoms with E-state index in [1.54, 1.807) is 0 Å². The first kappa shape index (κ1) is 20.7. The van der Waals surface area contributed by atoms with E-state index in [0.29, 0.717) is 5.92 Å². The van der Waals surface area contributed by atoms with E-state index in [9.17, 15) is 0 Å². The van der Waals surface area contributed by atoms with E-state index in [4.69, 9.17) is 4.37 Å². The van der Waals surface area contributed by atoms with Gasteiger partial charge < -0.3 is 0 Å². The van der Waals surface area contributed by atoms with Crippen LogP contribution in [0.1, 0.15) is 63.6 Å². The molecule has 0 radical (unpaired) electrons. The highest BCUT2D eigenvalue weighted by molar-refractivity contribution is 7.00. The van der Waals surface area contributed by atoms with Gasteiger partial charge in [-0.3, -0.25) is 0 Å². The van der Waals surface area contributed by atoms with Gasteiger partial charge in [-0.1, -0.05) is 83.1 Å². The molecule has 0 aliphatic heterocycles. The van der Waals surface area contributed by atoms with Crippen LogP contribution in [-0.2, 0) is 5.41 Å². The maximum Gasteiger partial charge on any atom is 0.113 e. The summed E-state index contributed by atoms with van der Waals surface area (Å²) in [5.74, 6) is 0.584. The molecular formula is C27H30N2S. The van der Waals surface area contributed by atoms with E-state index < -0.39 is 0 Å². The third-order valence-electron chi connectivity index (χ3n) is 6.18. The van der Waals surface area contributed by atoms with Crippen molar-refractivity contribution in [3.05, 3.63) is 71.3 Å². The van der Waals surface area contributed by atoms with E-state index in [1.165, 1.54) is 50.7 Å². The number of fused-ring (bicyclic) bond motifs is 1. The number of nitrogens with zero attached hydrogens (tertiary/aromatic N) is 2. The van der Waals surface area contributed by atoms with Gasteiger partial charge in [-0.15, -0.1) is 0 Å². The second-order valence-corrected chi connectivity index (χ2v) is 9.86. The first-order chi connectivity index (χ1) is 14.3. The highest BCUT2D eigenvalue weighted by atomic mass is 32.1. The fourth-order valence-electron chi connectivity index (χ4n) is 4.02. The SMILES string of the molecule is CCC(C)c1ccc(-c2cc(C)c(-c3ccc(C(C)(C)C)cc3)c3nsnc23)cc1. The molecule has 30 heavy (non-hydrogen) atoms. The van der Waals surface area contributed by atoms with Crippen LogP contribution >= 0.6 is 11.7 Å². The molecule has 0 N–H and O–H groups in total. The van der Waals surface area contributed by atoms with Crippen molar-refractivity contribution in [2.45, 2.75) is 59.3 Å². The van der Waals surface area contributed by atoms with Gasteiger partial charge in [0.05, 0.1) is 11.7 Å². The summed E-state index contributed by atoms with van der Waals surface area (Å²) in [6.45, 7) is 13.4. The minimum absolute atomic E-state index is 0.149. The van der Waals surface area contributed by atoms with Crippen LogP contribution in [0.15, 0.2) is 54.6 Å². The molecule has 154 valence electrons. The largest absolute Gasteiger partial charge is 0.172 e. The Labute approximate surface area is 184 Å². The fraction of sp³-hybridized carbons (Fsp3) is 0.333. The lowest BCUT2D eigenvalue weighted by atomic mass is 9.85. The van der Waals surface area contributed by atoms with Crippen molar-refractivity contribution < 1.29 is 0 Å². The monoisotopic (exact) mass is 414 g/mol. The summed E-state index contributed by atoms with van der Waals surface area (Å²) >= 11 is 1.30. The highest BCUT2D eigenvalue weighted by Gasteiger charge is 2.18. The molecule has 0 saturated carbocycles. The second kappa shape index (κ2) is 7.96. The molecule has 1 unspecified atom stereocenters. The summed E-state index contributed by atoms with van der Waals surface area (Å²) in [6.07, 6.45) is 1.15. The van der Waals surface area contributed by atoms with Gasteiger partial charge in [0.25, 0.3) is 0 Å². The predicted molar refractivity (Wildman–Crippen MR) is 130 cm³/mol. The first-order valence-electron chi connectivity index (χ1n) is 10.8. The predicted octanol–water partition coefficient (Wildman–Crippen LogP) is 8.14. The fourth-order valence-corrected chi connectivity index (χ4v) is 4.59. The van der Waals surface area contributed by atoms with E-state index in [-0.39, 0.29) is 5.41 Å². The van der Waals surface area contributed by atoms with Crippen molar-refractivity contribution in [3.63, 3.8) is 0 Å². The topological polar surface area (TPSA) is 25.8 Å². The quantitative estimate of drug-likeness (QED) is 0.337. The summed E-state index contributed by atoms with van der Waals surface area (Å²) in [4.78, 5) is 0. The van der Waals surface area contributed by atoms with Crippen LogP contribution in [0, 0.1) is 6.92 Å². The van der Waals surface area contributed by atoms with Gasteiger partial charge in [0.15, 0.2) is 0 Å². The zero-order valence-electron chi connectivity index (χ0n) is 18.8. The lowest BCUT2D eigenvalue weighted by molar-refractivity contribution is 0.590. The molecule has 0 spiro atoms. The summed E-state index contributed by atoms with van der Waals surface area (Å²) in [5, 5.41) is 0. The molecule has 2 nitrogen and oxygen atoms in total. The number of benzene rings is 3. The Bertz CT molecular complexity index is 1160. The number of rotatable bonds is 4. The Balaban J connectivity index is 1.81. The molecule has 1 heterocycles. The molecule has 0 aliphatic rings. The first-order valence-corrected chi connectivity index (χ1v) is 11.5. The molecule has 4 rings (SSSR count). The van der Waals surface area contributed by atoms with Crippen LogP contribution in [0.25, 0.3) is 33.3 Å². The van der Waals surface area contributed by atoms with Crippen molar-refractivity contribution in [2.24, 2.45) is 0 Å². The molecule has 0 fully saturated rings. The Kier molecular flexibility index (Phi) is 5.50. The van der Waals surface area contributed by atoms with Gasteiger partial charge in [-0.2, -0.15) is 8.75 Å². The summed E-state index contributed by atoms with van der Waals surface area (Å²) in [7, 11) is 0. The molecule has 3 heteroatoms. The second-order valence-electron chi connectivity index (χ2n) is 9.34. The van der Waals surface area contributed by atoms with E-state index >= 15 is 0 Å². The summed E-state index contributed by atoms with van der Waals surface area (Å²) in [6, 6.07) is 20.2. The molecule has 3 aromatic carbocycles. The highest BCUT2D eigenvalue weighted by Crippen LogP contribution is 2.38. The number of aryl methyl sites for hydroxylation is 1. The van der Waals surface area contributed by atoms with Crippen LogP contribution in [0.4, 0.5) is 0 Å². The van der Waals surface area contributed by atoms with Gasteiger partial charge in [0.1, 0.15) is 11.0 Å². The third kappa shape index (κ3) is 3.79.